The van der Waals surface area contributed by atoms with E-state index in [0.717, 1.165) is 16.9 Å². The van der Waals surface area contributed by atoms with Crippen molar-refractivity contribution in [2.24, 2.45) is 0 Å². The van der Waals surface area contributed by atoms with Gasteiger partial charge in [-0.3, -0.25) is 14.9 Å². The summed E-state index contributed by atoms with van der Waals surface area (Å²) in [6.07, 6.45) is 0. The second-order valence-corrected chi connectivity index (χ2v) is 6.47. The molecule has 0 unspecified atom stereocenters. The van der Waals surface area contributed by atoms with Gasteiger partial charge >= 0.3 is 5.00 Å². The number of amides is 1. The maximum atomic E-state index is 12.3. The lowest BCUT2D eigenvalue weighted by Crippen LogP contribution is -2.40. The van der Waals surface area contributed by atoms with Crippen LogP contribution in [0.25, 0.3) is 0 Å². The van der Waals surface area contributed by atoms with Crippen molar-refractivity contribution in [3.05, 3.63) is 50.9 Å². The van der Waals surface area contributed by atoms with Crippen molar-refractivity contribution in [1.29, 1.82) is 0 Å². The molecule has 1 aliphatic heterocycles. The minimum absolute atomic E-state index is 0.0592. The molecule has 23 heavy (non-hydrogen) atoms. The first-order valence-electron chi connectivity index (χ1n) is 6.82. The van der Waals surface area contributed by atoms with E-state index >= 15 is 0 Å². The van der Waals surface area contributed by atoms with E-state index in [2.05, 4.69) is 5.32 Å². The SMILES string of the molecule is CC(C)(NC(=O)c1csc([N+](=O)[O-])c1)c1ccc2c(c1)OCO2. The first kappa shape index (κ1) is 15.3. The Bertz CT molecular complexity index is 784. The number of carbonyl (C=O) groups excluding carboxylic acids is 1. The Kier molecular flexibility index (Phi) is 3.69. The molecule has 0 saturated heterocycles. The molecule has 3 rings (SSSR count). The Balaban J connectivity index is 1.79. The second-order valence-electron chi connectivity index (χ2n) is 5.58. The lowest BCUT2D eigenvalue weighted by Gasteiger charge is -2.27. The summed E-state index contributed by atoms with van der Waals surface area (Å²) in [6.45, 7) is 3.89. The Morgan fingerprint density at radius 3 is 2.74 bits per heavy atom. The number of fused-ring (bicyclic) bond motifs is 1. The van der Waals surface area contributed by atoms with Crippen LogP contribution in [0.3, 0.4) is 0 Å². The molecule has 0 spiro atoms. The van der Waals surface area contributed by atoms with Crippen LogP contribution in [-0.2, 0) is 5.54 Å². The quantitative estimate of drug-likeness (QED) is 0.685. The van der Waals surface area contributed by atoms with Crippen molar-refractivity contribution in [2.75, 3.05) is 6.79 Å². The van der Waals surface area contributed by atoms with E-state index < -0.39 is 10.5 Å². The summed E-state index contributed by atoms with van der Waals surface area (Å²) >= 11 is 0.928. The Morgan fingerprint density at radius 2 is 2.04 bits per heavy atom. The molecular weight excluding hydrogens is 320 g/mol. The Labute approximate surface area is 136 Å². The summed E-state index contributed by atoms with van der Waals surface area (Å²) in [5.74, 6) is 0.942. The van der Waals surface area contributed by atoms with Crippen LogP contribution in [-0.4, -0.2) is 17.6 Å². The van der Waals surface area contributed by atoms with E-state index in [9.17, 15) is 14.9 Å². The predicted molar refractivity (Wildman–Crippen MR) is 84.0 cm³/mol. The number of hydrogen-bond acceptors (Lipinski definition) is 6. The largest absolute Gasteiger partial charge is 0.454 e. The molecule has 0 saturated carbocycles. The van der Waals surface area contributed by atoms with Gasteiger partial charge in [0.25, 0.3) is 5.91 Å². The van der Waals surface area contributed by atoms with Crippen LogP contribution in [0.5, 0.6) is 11.5 Å². The zero-order chi connectivity index (χ0) is 16.6. The molecule has 0 fully saturated rings. The van der Waals surface area contributed by atoms with Gasteiger partial charge in [0.2, 0.25) is 6.79 Å². The third kappa shape index (κ3) is 2.98. The molecule has 1 aromatic carbocycles. The summed E-state index contributed by atoms with van der Waals surface area (Å²) in [5.41, 5.74) is 0.449. The van der Waals surface area contributed by atoms with Crippen LogP contribution in [0.2, 0.25) is 0 Å². The van der Waals surface area contributed by atoms with Gasteiger partial charge in [-0.2, -0.15) is 0 Å². The molecule has 0 aliphatic carbocycles. The van der Waals surface area contributed by atoms with Crippen LogP contribution in [0.4, 0.5) is 5.00 Å². The number of rotatable bonds is 4. The van der Waals surface area contributed by atoms with Gasteiger partial charge in [0, 0.05) is 11.4 Å². The van der Waals surface area contributed by atoms with Crippen molar-refractivity contribution in [2.45, 2.75) is 19.4 Å². The number of carbonyl (C=O) groups is 1. The van der Waals surface area contributed by atoms with Crippen LogP contribution in [0, 0.1) is 10.1 Å². The van der Waals surface area contributed by atoms with Crippen molar-refractivity contribution < 1.29 is 19.2 Å². The van der Waals surface area contributed by atoms with E-state index in [4.69, 9.17) is 9.47 Å². The van der Waals surface area contributed by atoms with Crippen molar-refractivity contribution in [3.8, 4) is 11.5 Å². The minimum atomic E-state index is -0.672. The van der Waals surface area contributed by atoms with Gasteiger partial charge in [-0.25, -0.2) is 0 Å². The molecule has 1 amide bonds. The van der Waals surface area contributed by atoms with Crippen molar-refractivity contribution in [1.82, 2.24) is 5.32 Å². The van der Waals surface area contributed by atoms with Crippen LogP contribution >= 0.6 is 11.3 Å². The number of ether oxygens (including phenoxy) is 2. The van der Waals surface area contributed by atoms with E-state index in [1.807, 2.05) is 26.0 Å². The number of nitro groups is 1. The van der Waals surface area contributed by atoms with Crippen LogP contribution in [0.15, 0.2) is 29.6 Å². The highest BCUT2D eigenvalue weighted by Crippen LogP contribution is 2.35. The van der Waals surface area contributed by atoms with Gasteiger partial charge in [-0.1, -0.05) is 17.4 Å². The van der Waals surface area contributed by atoms with Gasteiger partial charge in [0.1, 0.15) is 0 Å². The molecular formula is C15H14N2O5S. The van der Waals surface area contributed by atoms with E-state index in [-0.39, 0.29) is 23.3 Å². The topological polar surface area (TPSA) is 90.7 Å². The molecule has 1 aromatic heterocycles. The van der Waals surface area contributed by atoms with Crippen molar-refractivity contribution >= 4 is 22.2 Å². The summed E-state index contributed by atoms with van der Waals surface area (Å²) in [7, 11) is 0. The highest BCUT2D eigenvalue weighted by molar-refractivity contribution is 7.13. The highest BCUT2D eigenvalue weighted by atomic mass is 32.1. The molecule has 2 aromatic rings. The fourth-order valence-corrected chi connectivity index (χ4v) is 2.96. The molecule has 120 valence electrons. The smallest absolute Gasteiger partial charge is 0.324 e. The minimum Gasteiger partial charge on any atom is -0.454 e. The number of thiophene rings is 1. The van der Waals surface area contributed by atoms with E-state index in [1.165, 1.54) is 11.4 Å². The van der Waals surface area contributed by atoms with Gasteiger partial charge in [-0.05, 0) is 31.5 Å². The maximum Gasteiger partial charge on any atom is 0.324 e. The van der Waals surface area contributed by atoms with E-state index in [1.54, 1.807) is 6.07 Å². The van der Waals surface area contributed by atoms with Gasteiger partial charge in [-0.15, -0.1) is 0 Å². The monoisotopic (exact) mass is 334 g/mol. The fourth-order valence-electron chi connectivity index (χ4n) is 2.25. The zero-order valence-corrected chi connectivity index (χ0v) is 13.3. The number of benzene rings is 1. The molecule has 1 aliphatic rings. The van der Waals surface area contributed by atoms with Gasteiger partial charge in [0.05, 0.1) is 16.0 Å². The predicted octanol–water partition coefficient (Wildman–Crippen LogP) is 3.05. The average molecular weight is 334 g/mol. The lowest BCUT2D eigenvalue weighted by molar-refractivity contribution is -0.380. The van der Waals surface area contributed by atoms with E-state index in [0.29, 0.717) is 11.5 Å². The maximum absolute atomic E-state index is 12.3. The second kappa shape index (κ2) is 5.54. The zero-order valence-electron chi connectivity index (χ0n) is 12.5. The Morgan fingerprint density at radius 1 is 1.30 bits per heavy atom. The molecule has 0 atom stereocenters. The van der Waals surface area contributed by atoms with Gasteiger partial charge < -0.3 is 14.8 Å². The highest BCUT2D eigenvalue weighted by Gasteiger charge is 2.27. The normalized spacial score (nSPS) is 13.0. The molecule has 0 bridgehead atoms. The Hall–Kier alpha value is -2.61. The third-order valence-electron chi connectivity index (χ3n) is 3.55. The summed E-state index contributed by atoms with van der Waals surface area (Å²) in [6, 6.07) is 6.74. The number of nitrogens with one attached hydrogen (secondary N) is 1. The molecule has 7 nitrogen and oxygen atoms in total. The van der Waals surface area contributed by atoms with Gasteiger partial charge in [0.15, 0.2) is 11.5 Å². The summed E-state index contributed by atoms with van der Waals surface area (Å²) in [5, 5.41) is 15.0. The van der Waals surface area contributed by atoms with Crippen molar-refractivity contribution in [3.63, 3.8) is 0 Å². The molecule has 2 heterocycles. The first-order chi connectivity index (χ1) is 10.9. The van der Waals surface area contributed by atoms with Crippen LogP contribution in [0.1, 0.15) is 29.8 Å². The number of hydrogen-bond donors (Lipinski definition) is 1. The molecule has 1 N–H and O–H groups in total. The summed E-state index contributed by atoms with van der Waals surface area (Å²) < 4.78 is 10.6. The lowest BCUT2D eigenvalue weighted by atomic mass is 9.93. The first-order valence-corrected chi connectivity index (χ1v) is 7.70. The molecule has 0 radical (unpaired) electrons. The molecule has 8 heteroatoms. The fraction of sp³-hybridized carbons (Fsp3) is 0.267. The third-order valence-corrected chi connectivity index (χ3v) is 4.43. The number of nitrogens with zero attached hydrogens (tertiary/aromatic N) is 1. The average Bonchev–Trinajstić information content (AvgIpc) is 3.15. The summed E-state index contributed by atoms with van der Waals surface area (Å²) in [4.78, 5) is 22.5. The van der Waals surface area contributed by atoms with Crippen LogP contribution < -0.4 is 14.8 Å². The standard InChI is InChI=1S/C15H14N2O5S/c1-15(2,10-3-4-11-12(6-10)22-8-21-11)16-14(18)9-5-13(17(19)20)23-7-9/h3-7H,8H2,1-2H3,(H,16,18).